The summed E-state index contributed by atoms with van der Waals surface area (Å²) in [7, 11) is -5.62. The fourth-order valence-corrected chi connectivity index (χ4v) is 7.46. The highest BCUT2D eigenvalue weighted by molar-refractivity contribution is 7.93. The molecule has 1 heterocycles. The zero-order chi connectivity index (χ0) is 34.4. The van der Waals surface area contributed by atoms with Crippen LogP contribution < -0.4 is 23.7 Å². The number of hydrogen-bond donors (Lipinski definition) is 2. The van der Waals surface area contributed by atoms with E-state index in [0.29, 0.717) is 36.6 Å². The van der Waals surface area contributed by atoms with Gasteiger partial charge in [0.25, 0.3) is 25.9 Å². The van der Waals surface area contributed by atoms with Crippen molar-refractivity contribution in [2.45, 2.75) is 22.6 Å². The number of ether oxygens (including phenoxy) is 3. The number of hydrogen-bond acceptors (Lipinski definition) is 10. The number of aromatic nitrogens is 2. The van der Waals surface area contributed by atoms with Gasteiger partial charge >= 0.3 is 0 Å². The number of rotatable bonds is 14. The van der Waals surface area contributed by atoms with Gasteiger partial charge in [-0.05, 0) is 66.4 Å². The Bertz CT molecular complexity index is 2320. The van der Waals surface area contributed by atoms with Crippen LogP contribution >= 0.6 is 0 Å². The van der Waals surface area contributed by atoms with Crippen molar-refractivity contribution in [1.82, 2.24) is 10.1 Å². The molecule has 0 atom stereocenters. The quantitative estimate of drug-likeness (QED) is 0.120. The second-order valence-electron chi connectivity index (χ2n) is 10.7. The van der Waals surface area contributed by atoms with Crippen molar-refractivity contribution < 1.29 is 35.6 Å². The largest absolute Gasteiger partial charge is 0.495 e. The first-order chi connectivity index (χ1) is 23.7. The molecule has 1 aromatic heterocycles. The minimum atomic E-state index is -4.29. The molecular weight excluding hydrogens is 669 g/mol. The Kier molecular flexibility index (Phi) is 9.69. The lowest BCUT2D eigenvalue weighted by atomic mass is 10.1. The highest BCUT2D eigenvalue weighted by Gasteiger charge is 2.24. The van der Waals surface area contributed by atoms with E-state index < -0.39 is 20.0 Å². The van der Waals surface area contributed by atoms with Crippen LogP contribution in [0.15, 0.2) is 124 Å². The number of fused-ring (bicyclic) bond motifs is 1. The van der Waals surface area contributed by atoms with Crippen LogP contribution in [0.5, 0.6) is 17.2 Å². The van der Waals surface area contributed by atoms with Crippen LogP contribution in [0.3, 0.4) is 0 Å². The fraction of sp³-hybridized carbons (Fsp3) is 0.143. The first-order valence-corrected chi connectivity index (χ1v) is 18.0. The van der Waals surface area contributed by atoms with E-state index in [1.165, 1.54) is 50.6 Å². The third kappa shape index (κ3) is 7.60. The summed E-state index contributed by atoms with van der Waals surface area (Å²) < 4.78 is 80.5. The summed E-state index contributed by atoms with van der Waals surface area (Å²) in [5, 5.41) is 6.18. The summed E-state index contributed by atoms with van der Waals surface area (Å²) in [6.45, 7) is 0.438. The van der Waals surface area contributed by atoms with Gasteiger partial charge in [0.05, 0.1) is 37.1 Å². The number of benzene rings is 5. The molecule has 0 amide bonds. The topological polar surface area (TPSA) is 159 Å². The van der Waals surface area contributed by atoms with Crippen LogP contribution in [-0.2, 0) is 26.5 Å². The highest BCUT2D eigenvalue weighted by atomic mass is 32.2. The van der Waals surface area contributed by atoms with E-state index in [4.69, 9.17) is 18.7 Å². The van der Waals surface area contributed by atoms with Gasteiger partial charge in [-0.25, -0.2) is 16.8 Å². The molecule has 0 bridgehead atoms. The molecule has 12 nitrogen and oxygen atoms in total. The third-order valence-electron chi connectivity index (χ3n) is 7.47. The average molecular weight is 701 g/mol. The fourth-order valence-electron chi connectivity index (χ4n) is 5.10. The van der Waals surface area contributed by atoms with E-state index in [-0.39, 0.29) is 32.8 Å². The van der Waals surface area contributed by atoms with E-state index in [2.05, 4.69) is 19.6 Å². The molecular formula is C35H32N4O8S2. The van der Waals surface area contributed by atoms with E-state index in [1.807, 2.05) is 42.5 Å². The summed E-state index contributed by atoms with van der Waals surface area (Å²) in [5.41, 5.74) is 0.599. The van der Waals surface area contributed by atoms with Crippen molar-refractivity contribution in [2.75, 3.05) is 30.3 Å². The Morgan fingerprint density at radius 2 is 1.45 bits per heavy atom. The van der Waals surface area contributed by atoms with Crippen LogP contribution in [0.2, 0.25) is 0 Å². The van der Waals surface area contributed by atoms with E-state index in [0.717, 1.165) is 16.5 Å². The molecule has 49 heavy (non-hydrogen) atoms. The second-order valence-corrected chi connectivity index (χ2v) is 14.1. The number of anilines is 2. The molecule has 6 aromatic rings. The molecule has 5 aromatic carbocycles. The second kappa shape index (κ2) is 14.3. The van der Waals surface area contributed by atoms with Crippen molar-refractivity contribution in [2.24, 2.45) is 0 Å². The van der Waals surface area contributed by atoms with Gasteiger partial charge in [0.15, 0.2) is 5.82 Å². The highest BCUT2D eigenvalue weighted by Crippen LogP contribution is 2.32. The smallest absolute Gasteiger partial charge is 0.265 e. The molecule has 0 spiro atoms. The molecule has 2 N–H and O–H groups in total. The van der Waals surface area contributed by atoms with E-state index in [9.17, 15) is 16.8 Å². The van der Waals surface area contributed by atoms with Crippen LogP contribution in [-0.4, -0.2) is 47.8 Å². The number of sulfonamides is 2. The molecule has 0 fully saturated rings. The lowest BCUT2D eigenvalue weighted by molar-refractivity contribution is 0.312. The van der Waals surface area contributed by atoms with Crippen molar-refractivity contribution in [3.05, 3.63) is 115 Å². The zero-order valence-electron chi connectivity index (χ0n) is 26.5. The standard InChI is InChI=1S/C35H32N4O8S2/c1-44-31-16-6-5-15-29(31)39-48(40,41)27-13-8-12-26(23-27)38-49(42,43)33-22-25(19-20-32(33)45-2)35-36-34(37-47-35)18-9-21-46-30-17-7-11-24-10-3-4-14-28(24)30/h3-8,10-17,19-20,22-23,38-39H,9,18,21H2,1-2H3. The lowest BCUT2D eigenvalue weighted by Gasteiger charge is -2.14. The molecule has 0 saturated heterocycles. The van der Waals surface area contributed by atoms with Gasteiger partial charge in [-0.15, -0.1) is 0 Å². The van der Waals surface area contributed by atoms with E-state index >= 15 is 0 Å². The molecule has 0 aliphatic carbocycles. The Labute approximate surface area is 283 Å². The van der Waals surface area contributed by atoms with Gasteiger partial charge in [-0.3, -0.25) is 9.44 Å². The number of aryl methyl sites for hydroxylation is 1. The number of nitrogens with one attached hydrogen (secondary N) is 2. The van der Waals surface area contributed by atoms with Crippen molar-refractivity contribution in [3.63, 3.8) is 0 Å². The van der Waals surface area contributed by atoms with Crippen LogP contribution in [0.1, 0.15) is 12.2 Å². The molecule has 0 radical (unpaired) electrons. The molecule has 6 rings (SSSR count). The van der Waals surface area contributed by atoms with Gasteiger partial charge < -0.3 is 18.7 Å². The summed E-state index contributed by atoms with van der Waals surface area (Å²) in [6, 6.07) is 30.3. The lowest BCUT2D eigenvalue weighted by Crippen LogP contribution is -2.16. The number of methoxy groups -OCH3 is 2. The van der Waals surface area contributed by atoms with Crippen molar-refractivity contribution >= 4 is 42.2 Å². The van der Waals surface area contributed by atoms with Crippen LogP contribution in [0, 0.1) is 0 Å². The summed E-state index contributed by atoms with van der Waals surface area (Å²) in [5.74, 6) is 1.75. The maximum Gasteiger partial charge on any atom is 0.265 e. The third-order valence-corrected chi connectivity index (χ3v) is 10.2. The first kappa shape index (κ1) is 33.3. The summed E-state index contributed by atoms with van der Waals surface area (Å²) >= 11 is 0. The van der Waals surface area contributed by atoms with Gasteiger partial charge in [-0.2, -0.15) is 4.98 Å². The van der Waals surface area contributed by atoms with Gasteiger partial charge in [0.1, 0.15) is 22.1 Å². The number of para-hydroxylation sites is 2. The molecule has 14 heteroatoms. The number of nitrogens with zero attached hydrogens (tertiary/aromatic N) is 2. The predicted octanol–water partition coefficient (Wildman–Crippen LogP) is 6.52. The maximum absolute atomic E-state index is 13.6. The molecule has 252 valence electrons. The van der Waals surface area contributed by atoms with Gasteiger partial charge in [-0.1, -0.05) is 59.8 Å². The molecule has 0 aliphatic rings. The van der Waals surface area contributed by atoms with Crippen molar-refractivity contribution in [3.8, 4) is 28.7 Å². The Morgan fingerprint density at radius 1 is 0.714 bits per heavy atom. The summed E-state index contributed by atoms with van der Waals surface area (Å²) in [6.07, 6.45) is 1.10. The van der Waals surface area contributed by atoms with Gasteiger partial charge in [0, 0.05) is 17.4 Å². The zero-order valence-corrected chi connectivity index (χ0v) is 28.1. The normalized spacial score (nSPS) is 11.6. The Balaban J connectivity index is 1.15. The van der Waals surface area contributed by atoms with Crippen LogP contribution in [0.4, 0.5) is 11.4 Å². The minimum absolute atomic E-state index is 0.0150. The van der Waals surface area contributed by atoms with E-state index in [1.54, 1.807) is 30.3 Å². The van der Waals surface area contributed by atoms with Crippen molar-refractivity contribution in [1.29, 1.82) is 0 Å². The minimum Gasteiger partial charge on any atom is -0.495 e. The molecule has 0 aliphatic heterocycles. The van der Waals surface area contributed by atoms with Crippen LogP contribution in [0.25, 0.3) is 22.2 Å². The maximum atomic E-state index is 13.6. The molecule has 0 unspecified atom stereocenters. The SMILES string of the molecule is COc1ccccc1NS(=O)(=O)c1cccc(NS(=O)(=O)c2cc(-c3nc(CCCOc4cccc5ccccc45)no3)ccc2OC)c1. The monoisotopic (exact) mass is 700 g/mol. The predicted molar refractivity (Wildman–Crippen MR) is 185 cm³/mol. The average Bonchev–Trinajstić information content (AvgIpc) is 3.59. The van der Waals surface area contributed by atoms with Gasteiger partial charge in [0.2, 0.25) is 0 Å². The summed E-state index contributed by atoms with van der Waals surface area (Å²) in [4.78, 5) is 4.07. The molecule has 0 saturated carbocycles. The Morgan fingerprint density at radius 3 is 2.29 bits per heavy atom. The Hall–Kier alpha value is -5.60. The first-order valence-electron chi connectivity index (χ1n) is 15.1.